The molecule has 0 unspecified atom stereocenters. The zero-order valence-corrected chi connectivity index (χ0v) is 30.2. The summed E-state index contributed by atoms with van der Waals surface area (Å²) in [6, 6.07) is 29.9. The van der Waals surface area contributed by atoms with Crippen LogP contribution in [-0.4, -0.2) is 20.0 Å². The Labute approximate surface area is 294 Å². The minimum atomic E-state index is 0.673. The van der Waals surface area contributed by atoms with Crippen molar-refractivity contribution in [3.05, 3.63) is 161 Å². The molecule has 0 spiro atoms. The molecule has 0 bridgehead atoms. The van der Waals surface area contributed by atoms with Gasteiger partial charge in [-0.3, -0.25) is 4.99 Å². The van der Waals surface area contributed by atoms with Crippen molar-refractivity contribution in [1.29, 1.82) is 5.41 Å². The number of benzene rings is 4. The Kier molecular flexibility index (Phi) is 15.7. The molecule has 4 aromatic carbocycles. The summed E-state index contributed by atoms with van der Waals surface area (Å²) < 4.78 is 6.24. The number of hydrogen-bond acceptors (Lipinski definition) is 3. The minimum absolute atomic E-state index is 0.673. The Morgan fingerprint density at radius 2 is 1.51 bits per heavy atom. The van der Waals surface area contributed by atoms with Gasteiger partial charge >= 0.3 is 0 Å². The first-order valence-electron chi connectivity index (χ1n) is 17.2. The highest BCUT2D eigenvalue weighted by Crippen LogP contribution is 2.38. The van der Waals surface area contributed by atoms with Gasteiger partial charge in [0.1, 0.15) is 11.2 Å². The number of aliphatic imine (C=N–C) groups is 1. The summed E-state index contributed by atoms with van der Waals surface area (Å²) in [7, 11) is 0. The first kappa shape index (κ1) is 38.2. The van der Waals surface area contributed by atoms with Crippen molar-refractivity contribution in [3.63, 3.8) is 0 Å². The van der Waals surface area contributed by atoms with E-state index < -0.39 is 0 Å². The molecule has 0 atom stereocenters. The number of furan rings is 1. The van der Waals surface area contributed by atoms with Gasteiger partial charge in [-0.15, -0.1) is 0 Å². The first-order valence-corrected chi connectivity index (χ1v) is 17.2. The number of fused-ring (bicyclic) bond motifs is 3. The lowest BCUT2D eigenvalue weighted by Gasteiger charge is -2.08. The standard InChI is InChI=1S/C30H27NO.C7H8.C6H8.C2H6.CH3N/c1-4-22-17-24(13-11-20(22)2)25-15-16-28-27(18-25)30-26(9-6-10-29(30)32-28)23-8-5-7-21(12-14-23)19-31-3;1-7-5-3-2-4-6-7;1-6-4-2-3-5-6;2*1-2/h5-6,8-18H,3-4,7,19H2,1-2H3;2-6H,1H3;2,4-5H,3H2,1H3;1-2H3;2H,1H2. The molecule has 7 rings (SSSR count). The fourth-order valence-corrected chi connectivity index (χ4v) is 5.70. The van der Waals surface area contributed by atoms with Gasteiger partial charge in [0, 0.05) is 10.8 Å². The van der Waals surface area contributed by atoms with E-state index in [4.69, 9.17) is 9.83 Å². The molecule has 3 nitrogen and oxygen atoms in total. The number of aryl methyl sites for hydroxylation is 3. The van der Waals surface area contributed by atoms with E-state index in [0.29, 0.717) is 6.54 Å². The number of allylic oxidation sites excluding steroid dienone is 9. The van der Waals surface area contributed by atoms with Crippen molar-refractivity contribution >= 4 is 40.9 Å². The van der Waals surface area contributed by atoms with Crippen molar-refractivity contribution in [2.45, 2.75) is 60.8 Å². The Bertz CT molecular complexity index is 1960. The molecule has 3 heteroatoms. The highest BCUT2D eigenvalue weighted by molar-refractivity contribution is 6.12. The lowest BCUT2D eigenvalue weighted by Crippen LogP contribution is -1.88. The van der Waals surface area contributed by atoms with Crippen molar-refractivity contribution in [2.75, 3.05) is 6.54 Å². The predicted octanol–water partition coefficient (Wildman–Crippen LogP) is 13.3. The smallest absolute Gasteiger partial charge is 0.136 e. The van der Waals surface area contributed by atoms with Crippen LogP contribution < -0.4 is 0 Å². The quantitative estimate of drug-likeness (QED) is 0.189. The van der Waals surface area contributed by atoms with Gasteiger partial charge in [0.25, 0.3) is 0 Å². The Morgan fingerprint density at radius 3 is 2.12 bits per heavy atom. The van der Waals surface area contributed by atoms with E-state index in [-0.39, 0.29) is 0 Å². The van der Waals surface area contributed by atoms with Crippen LogP contribution >= 0.6 is 0 Å². The fourth-order valence-electron chi connectivity index (χ4n) is 5.70. The van der Waals surface area contributed by atoms with E-state index in [1.807, 2.05) is 32.0 Å². The maximum absolute atomic E-state index is 6.24. The monoisotopic (exact) mass is 648 g/mol. The SMILES string of the molecule is C=N.C=NCC1=CC=C(c2cccc3oc4ccc(-c5ccc(C)c(CC)c5)cc4c23)C=CC1.CC.CC1=CCC=C1.Cc1ccccc1. The average Bonchev–Trinajstić information content (AvgIpc) is 3.71. The summed E-state index contributed by atoms with van der Waals surface area (Å²) in [6.07, 6.45) is 18.4. The van der Waals surface area contributed by atoms with Gasteiger partial charge in [-0.05, 0) is 111 Å². The summed E-state index contributed by atoms with van der Waals surface area (Å²) in [4.78, 5) is 4.04. The number of nitrogens with zero attached hydrogens (tertiary/aromatic N) is 1. The molecule has 0 aliphatic heterocycles. The van der Waals surface area contributed by atoms with Crippen LogP contribution in [0, 0.1) is 19.3 Å². The Balaban J connectivity index is 0.000000314. The van der Waals surface area contributed by atoms with Gasteiger partial charge in [-0.2, -0.15) is 0 Å². The normalized spacial score (nSPS) is 12.7. The molecule has 0 saturated carbocycles. The van der Waals surface area contributed by atoms with Gasteiger partial charge in [-0.25, -0.2) is 0 Å². The fraction of sp³-hybridized carbons (Fsp3) is 0.217. The molecule has 1 N–H and O–H groups in total. The second-order valence-electron chi connectivity index (χ2n) is 11.7. The third kappa shape index (κ3) is 10.6. The largest absolute Gasteiger partial charge is 0.456 e. The molecule has 49 heavy (non-hydrogen) atoms. The zero-order valence-electron chi connectivity index (χ0n) is 30.2. The molecule has 1 aromatic heterocycles. The zero-order chi connectivity index (χ0) is 35.6. The maximum atomic E-state index is 6.24. The van der Waals surface area contributed by atoms with E-state index in [1.54, 1.807) is 0 Å². The van der Waals surface area contributed by atoms with Crippen LogP contribution in [0.4, 0.5) is 0 Å². The second-order valence-corrected chi connectivity index (χ2v) is 11.7. The van der Waals surface area contributed by atoms with Crippen LogP contribution in [0.15, 0.2) is 148 Å². The van der Waals surface area contributed by atoms with Gasteiger partial charge < -0.3 is 9.83 Å². The molecular formula is C46H52N2O. The van der Waals surface area contributed by atoms with Crippen LogP contribution in [0.1, 0.15) is 62.8 Å². The van der Waals surface area contributed by atoms with Crippen LogP contribution in [0.3, 0.4) is 0 Å². The van der Waals surface area contributed by atoms with Crippen LogP contribution in [0.25, 0.3) is 38.6 Å². The topological polar surface area (TPSA) is 49.4 Å². The van der Waals surface area contributed by atoms with Crippen molar-refractivity contribution in [1.82, 2.24) is 0 Å². The maximum Gasteiger partial charge on any atom is 0.136 e. The summed E-state index contributed by atoms with van der Waals surface area (Å²) in [5.74, 6) is 0. The van der Waals surface area contributed by atoms with Gasteiger partial charge in [0.15, 0.2) is 0 Å². The Hall–Kier alpha value is -5.28. The van der Waals surface area contributed by atoms with E-state index in [1.165, 1.54) is 55.5 Å². The molecular weight excluding hydrogens is 597 g/mol. The first-order chi connectivity index (χ1) is 24.0. The average molecular weight is 649 g/mol. The minimum Gasteiger partial charge on any atom is -0.456 e. The van der Waals surface area contributed by atoms with Crippen molar-refractivity contribution in [3.8, 4) is 11.1 Å². The molecule has 2 aliphatic rings. The third-order valence-electron chi connectivity index (χ3n) is 8.26. The summed E-state index contributed by atoms with van der Waals surface area (Å²) >= 11 is 0. The van der Waals surface area contributed by atoms with Gasteiger partial charge in [-0.1, -0.05) is 141 Å². The summed E-state index contributed by atoms with van der Waals surface area (Å²) in [5.41, 5.74) is 13.4. The van der Waals surface area contributed by atoms with E-state index >= 15 is 0 Å². The van der Waals surface area contributed by atoms with Crippen molar-refractivity contribution in [2.24, 2.45) is 4.99 Å². The lowest BCUT2D eigenvalue weighted by atomic mass is 9.95. The third-order valence-corrected chi connectivity index (χ3v) is 8.26. The van der Waals surface area contributed by atoms with E-state index in [9.17, 15) is 0 Å². The molecule has 2 aliphatic carbocycles. The summed E-state index contributed by atoms with van der Waals surface area (Å²) in [5, 5.41) is 7.82. The number of rotatable bonds is 5. The highest BCUT2D eigenvalue weighted by Gasteiger charge is 2.14. The summed E-state index contributed by atoms with van der Waals surface area (Å²) in [6.45, 7) is 19.4. The molecule has 252 valence electrons. The van der Waals surface area contributed by atoms with Crippen LogP contribution in [0.2, 0.25) is 0 Å². The number of nitrogens with one attached hydrogen (secondary N) is 1. The number of hydrogen-bond donors (Lipinski definition) is 1. The lowest BCUT2D eigenvalue weighted by molar-refractivity contribution is 0.669. The highest BCUT2D eigenvalue weighted by atomic mass is 16.3. The van der Waals surface area contributed by atoms with Crippen LogP contribution in [-0.2, 0) is 6.42 Å². The molecule has 5 aromatic rings. The molecule has 0 saturated heterocycles. The van der Waals surface area contributed by atoms with Crippen LogP contribution in [0.5, 0.6) is 0 Å². The van der Waals surface area contributed by atoms with Gasteiger partial charge in [0.2, 0.25) is 0 Å². The molecule has 0 fully saturated rings. The van der Waals surface area contributed by atoms with E-state index in [0.717, 1.165) is 35.8 Å². The van der Waals surface area contributed by atoms with E-state index in [2.05, 4.69) is 155 Å². The molecule has 0 amide bonds. The van der Waals surface area contributed by atoms with Crippen molar-refractivity contribution < 1.29 is 4.42 Å². The predicted molar refractivity (Wildman–Crippen MR) is 217 cm³/mol. The Morgan fingerprint density at radius 1 is 0.776 bits per heavy atom. The second kappa shape index (κ2) is 20.2. The van der Waals surface area contributed by atoms with Gasteiger partial charge in [0.05, 0.1) is 6.54 Å². The molecule has 0 radical (unpaired) electrons. The molecule has 1 heterocycles.